The Bertz CT molecular complexity index is 452. The van der Waals surface area contributed by atoms with E-state index in [2.05, 4.69) is 21.2 Å². The number of hydrogen-bond acceptors (Lipinski definition) is 4. The summed E-state index contributed by atoms with van der Waals surface area (Å²) in [7, 11) is 0. The Morgan fingerprint density at radius 3 is 2.76 bits per heavy atom. The number of benzene rings is 1. The van der Waals surface area contributed by atoms with Crippen LogP contribution in [0, 0.1) is 5.82 Å². The predicted octanol–water partition coefficient (Wildman–Crippen LogP) is 3.04. The Morgan fingerprint density at radius 2 is 2.12 bits per heavy atom. The molecule has 1 aromatic rings. The minimum atomic E-state index is -0.661. The van der Waals surface area contributed by atoms with Gasteiger partial charge in [-0.15, -0.1) is 23.5 Å². The van der Waals surface area contributed by atoms with Crippen molar-refractivity contribution in [1.82, 2.24) is 0 Å². The third-order valence-electron chi connectivity index (χ3n) is 2.16. The van der Waals surface area contributed by atoms with Gasteiger partial charge in [-0.25, -0.2) is 4.39 Å². The molecule has 1 saturated heterocycles. The van der Waals surface area contributed by atoms with Gasteiger partial charge in [0, 0.05) is 11.5 Å². The summed E-state index contributed by atoms with van der Waals surface area (Å²) in [6.07, 6.45) is 0. The number of carbonyl (C=O) groups is 1. The van der Waals surface area contributed by atoms with Gasteiger partial charge in [0.15, 0.2) is 5.82 Å². The van der Waals surface area contributed by atoms with Crippen molar-refractivity contribution in [3.63, 3.8) is 0 Å². The van der Waals surface area contributed by atoms with Crippen LogP contribution in [0.4, 0.5) is 10.1 Å². The van der Waals surface area contributed by atoms with Gasteiger partial charge in [-0.2, -0.15) is 0 Å². The molecule has 92 valence electrons. The molecule has 17 heavy (non-hydrogen) atoms. The van der Waals surface area contributed by atoms with Crippen LogP contribution >= 0.6 is 39.5 Å². The van der Waals surface area contributed by atoms with Crippen LogP contribution in [0.15, 0.2) is 16.6 Å². The number of amides is 1. The first-order valence-corrected chi connectivity index (χ1v) is 7.69. The summed E-state index contributed by atoms with van der Waals surface area (Å²) in [5.74, 6) is 0.606. The smallest absolute Gasteiger partial charge is 0.247 e. The van der Waals surface area contributed by atoms with Crippen LogP contribution in [0.25, 0.3) is 0 Å². The van der Waals surface area contributed by atoms with Crippen LogP contribution in [0.5, 0.6) is 5.75 Å². The lowest BCUT2D eigenvalue weighted by Crippen LogP contribution is -2.21. The fourth-order valence-corrected chi connectivity index (χ4v) is 4.26. The molecule has 0 saturated carbocycles. The third-order valence-corrected chi connectivity index (χ3v) is 5.76. The topological polar surface area (TPSA) is 49.3 Å². The molecule has 0 aromatic heterocycles. The second-order valence-corrected chi connectivity index (χ2v) is 6.90. The summed E-state index contributed by atoms with van der Waals surface area (Å²) in [4.78, 5) is 11.8. The highest BCUT2D eigenvalue weighted by Gasteiger charge is 2.26. The highest BCUT2D eigenvalue weighted by Crippen LogP contribution is 2.35. The zero-order valence-electron chi connectivity index (χ0n) is 8.57. The van der Waals surface area contributed by atoms with Gasteiger partial charge >= 0.3 is 0 Å². The van der Waals surface area contributed by atoms with E-state index in [1.165, 1.54) is 35.7 Å². The van der Waals surface area contributed by atoms with Gasteiger partial charge in [-0.1, -0.05) is 0 Å². The number of halogens is 2. The van der Waals surface area contributed by atoms with Gasteiger partial charge < -0.3 is 10.4 Å². The highest BCUT2D eigenvalue weighted by atomic mass is 79.9. The Hall–Kier alpha value is -0.400. The molecule has 1 amide bonds. The van der Waals surface area contributed by atoms with Gasteiger partial charge in [0.25, 0.3) is 0 Å². The van der Waals surface area contributed by atoms with Gasteiger partial charge in [0.05, 0.1) is 4.47 Å². The van der Waals surface area contributed by atoms with Crippen molar-refractivity contribution in [2.45, 2.75) is 4.58 Å². The zero-order chi connectivity index (χ0) is 12.4. The fraction of sp³-hybridized carbons (Fsp3) is 0.300. The number of thioether (sulfide) groups is 2. The molecule has 0 aliphatic carbocycles. The van der Waals surface area contributed by atoms with Crippen LogP contribution in [-0.2, 0) is 4.79 Å². The molecular weight excluding hydrogens is 329 g/mol. The van der Waals surface area contributed by atoms with Crippen LogP contribution < -0.4 is 5.32 Å². The molecule has 0 atom stereocenters. The first-order valence-electron chi connectivity index (χ1n) is 4.80. The predicted molar refractivity (Wildman–Crippen MR) is 73.1 cm³/mol. The summed E-state index contributed by atoms with van der Waals surface area (Å²) in [5, 5.41) is 11.9. The van der Waals surface area contributed by atoms with Gasteiger partial charge in [-0.3, -0.25) is 4.79 Å². The molecule has 0 unspecified atom stereocenters. The number of nitrogens with one attached hydrogen (secondary N) is 1. The average molecular weight is 338 g/mol. The van der Waals surface area contributed by atoms with Crippen LogP contribution in [0.1, 0.15) is 0 Å². The number of rotatable bonds is 2. The van der Waals surface area contributed by atoms with Crippen molar-refractivity contribution >= 4 is 51.0 Å². The lowest BCUT2D eigenvalue weighted by atomic mass is 10.3. The van der Waals surface area contributed by atoms with E-state index < -0.39 is 5.82 Å². The summed E-state index contributed by atoms with van der Waals surface area (Å²) >= 11 is 6.05. The molecule has 0 spiro atoms. The highest BCUT2D eigenvalue weighted by molar-refractivity contribution is 9.10. The largest absolute Gasteiger partial charge is 0.506 e. The third kappa shape index (κ3) is 2.89. The summed E-state index contributed by atoms with van der Waals surface area (Å²) < 4.78 is 13.7. The molecule has 1 heterocycles. The van der Waals surface area contributed by atoms with Crippen molar-refractivity contribution < 1.29 is 14.3 Å². The van der Waals surface area contributed by atoms with Crippen LogP contribution in [-0.4, -0.2) is 27.1 Å². The lowest BCUT2D eigenvalue weighted by Gasteiger charge is -2.12. The molecule has 0 bridgehead atoms. The van der Waals surface area contributed by atoms with E-state index in [0.717, 1.165) is 11.5 Å². The number of phenolic OH excluding ortho intramolecular Hbond substituents is 1. The first kappa shape index (κ1) is 13.0. The van der Waals surface area contributed by atoms with Crippen molar-refractivity contribution in [2.24, 2.45) is 0 Å². The van der Waals surface area contributed by atoms with Gasteiger partial charge in [0.1, 0.15) is 16.0 Å². The van der Waals surface area contributed by atoms with E-state index in [4.69, 9.17) is 0 Å². The molecule has 1 aliphatic rings. The van der Waals surface area contributed by atoms with Crippen molar-refractivity contribution in [1.29, 1.82) is 0 Å². The van der Waals surface area contributed by atoms with E-state index in [-0.39, 0.29) is 26.4 Å². The van der Waals surface area contributed by atoms with E-state index >= 15 is 0 Å². The minimum absolute atomic E-state index is 0.169. The number of hydrogen-bond donors (Lipinski definition) is 2. The molecule has 7 heteroatoms. The maximum atomic E-state index is 13.7. The normalized spacial score (nSPS) is 16.1. The number of phenols is 1. The molecule has 2 N–H and O–H groups in total. The molecule has 1 fully saturated rings. The Labute approximate surface area is 115 Å². The number of carbonyl (C=O) groups excluding carboxylic acids is 1. The summed E-state index contributed by atoms with van der Waals surface area (Å²) in [5.41, 5.74) is -0.169. The van der Waals surface area contributed by atoms with Crippen LogP contribution in [0.3, 0.4) is 0 Å². The number of aromatic hydroxyl groups is 1. The Balaban J connectivity index is 2.17. The monoisotopic (exact) mass is 337 g/mol. The van der Waals surface area contributed by atoms with Gasteiger partial charge in [-0.05, 0) is 28.1 Å². The zero-order valence-corrected chi connectivity index (χ0v) is 11.8. The molecular formula is C10H9BrFNO2S2. The Morgan fingerprint density at radius 1 is 1.47 bits per heavy atom. The van der Waals surface area contributed by atoms with Crippen molar-refractivity contribution in [3.05, 3.63) is 22.4 Å². The van der Waals surface area contributed by atoms with Crippen LogP contribution in [0.2, 0.25) is 0 Å². The quantitative estimate of drug-likeness (QED) is 0.814. The van der Waals surface area contributed by atoms with E-state index in [0.29, 0.717) is 0 Å². The SMILES string of the molecule is O=C(Nc1c(O)ccc(Br)c1F)C1SCCS1. The fourth-order valence-electron chi connectivity index (χ4n) is 1.35. The average Bonchev–Trinajstić information content (AvgIpc) is 2.83. The van der Waals surface area contributed by atoms with Crippen molar-refractivity contribution in [3.8, 4) is 5.75 Å². The molecule has 3 nitrogen and oxygen atoms in total. The maximum absolute atomic E-state index is 13.7. The second kappa shape index (κ2) is 5.49. The van der Waals surface area contributed by atoms with Crippen molar-refractivity contribution in [2.75, 3.05) is 16.8 Å². The molecule has 0 radical (unpaired) electrons. The van der Waals surface area contributed by atoms with Gasteiger partial charge in [0.2, 0.25) is 5.91 Å². The molecule has 1 aromatic carbocycles. The van der Waals surface area contributed by atoms with E-state index in [9.17, 15) is 14.3 Å². The summed E-state index contributed by atoms with van der Waals surface area (Å²) in [6, 6.07) is 2.72. The standard InChI is InChI=1S/C10H9BrFNO2S2/c11-5-1-2-6(14)8(7(5)12)13-9(15)10-16-3-4-17-10/h1-2,10,14H,3-4H2,(H,13,15). The second-order valence-electron chi connectivity index (χ2n) is 3.32. The number of anilines is 1. The maximum Gasteiger partial charge on any atom is 0.247 e. The summed E-state index contributed by atoms with van der Waals surface area (Å²) in [6.45, 7) is 0. The molecule has 2 rings (SSSR count). The lowest BCUT2D eigenvalue weighted by molar-refractivity contribution is -0.114. The van der Waals surface area contributed by atoms with E-state index in [1.54, 1.807) is 0 Å². The minimum Gasteiger partial charge on any atom is -0.506 e. The molecule has 1 aliphatic heterocycles. The Kier molecular flexibility index (Phi) is 4.22. The van der Waals surface area contributed by atoms with E-state index in [1.807, 2.05) is 0 Å². The first-order chi connectivity index (χ1) is 8.09.